The number of thiol groups is 1. The zero-order valence-electron chi connectivity index (χ0n) is 5.65. The van der Waals surface area contributed by atoms with Crippen molar-refractivity contribution in [2.75, 3.05) is 0 Å². The van der Waals surface area contributed by atoms with Gasteiger partial charge in [0.2, 0.25) is 0 Å². The van der Waals surface area contributed by atoms with Gasteiger partial charge in [0.05, 0.1) is 0 Å². The SMILES string of the molecule is CC#CCC(C)(C)S. The normalized spacial score (nSPS) is 10.0. The molecule has 0 nitrogen and oxygen atoms in total. The molecule has 0 aromatic carbocycles. The summed E-state index contributed by atoms with van der Waals surface area (Å²) in [6, 6.07) is 0. The number of hydrogen-bond donors (Lipinski definition) is 1. The summed E-state index contributed by atoms with van der Waals surface area (Å²) in [5.41, 5.74) is 0. The topological polar surface area (TPSA) is 0 Å². The van der Waals surface area contributed by atoms with Crippen molar-refractivity contribution in [1.29, 1.82) is 0 Å². The van der Waals surface area contributed by atoms with Gasteiger partial charge in [0, 0.05) is 11.2 Å². The van der Waals surface area contributed by atoms with Gasteiger partial charge in [0.15, 0.2) is 0 Å². The first-order chi connectivity index (χ1) is 3.56. The third kappa shape index (κ3) is 5.91. The summed E-state index contributed by atoms with van der Waals surface area (Å²) in [5.74, 6) is 5.79. The molecule has 0 fully saturated rings. The molecule has 0 aromatic rings. The minimum absolute atomic E-state index is 0.0724. The van der Waals surface area contributed by atoms with Crippen LogP contribution >= 0.6 is 12.6 Å². The summed E-state index contributed by atoms with van der Waals surface area (Å²) in [6.07, 6.45) is 0.868. The van der Waals surface area contributed by atoms with Gasteiger partial charge >= 0.3 is 0 Å². The maximum absolute atomic E-state index is 4.29. The van der Waals surface area contributed by atoms with Gasteiger partial charge in [-0.1, -0.05) is 13.8 Å². The molecule has 0 aromatic heterocycles. The van der Waals surface area contributed by atoms with E-state index in [9.17, 15) is 0 Å². The van der Waals surface area contributed by atoms with Gasteiger partial charge in [0.25, 0.3) is 0 Å². The van der Waals surface area contributed by atoms with E-state index in [1.54, 1.807) is 0 Å². The fraction of sp³-hybridized carbons (Fsp3) is 0.714. The van der Waals surface area contributed by atoms with Gasteiger partial charge in [-0.3, -0.25) is 0 Å². The van der Waals surface area contributed by atoms with E-state index in [4.69, 9.17) is 0 Å². The molecule has 1 heteroatoms. The third-order valence-electron chi connectivity index (χ3n) is 0.698. The Balaban J connectivity index is 3.50. The molecule has 0 bridgehead atoms. The van der Waals surface area contributed by atoms with E-state index in [0.29, 0.717) is 0 Å². The summed E-state index contributed by atoms with van der Waals surface area (Å²) in [7, 11) is 0. The van der Waals surface area contributed by atoms with Crippen LogP contribution in [0.2, 0.25) is 0 Å². The highest BCUT2D eigenvalue weighted by molar-refractivity contribution is 7.81. The van der Waals surface area contributed by atoms with Crippen LogP contribution < -0.4 is 0 Å². The molecule has 0 saturated heterocycles. The molecule has 0 spiro atoms. The molecule has 0 aliphatic rings. The van der Waals surface area contributed by atoms with Gasteiger partial charge in [-0.25, -0.2) is 0 Å². The lowest BCUT2D eigenvalue weighted by Gasteiger charge is -2.11. The standard InChI is InChI=1S/C7H12S/c1-4-5-6-7(2,3)8/h8H,6H2,1-3H3. The van der Waals surface area contributed by atoms with Crippen LogP contribution in [0, 0.1) is 11.8 Å². The summed E-state index contributed by atoms with van der Waals surface area (Å²) < 4.78 is 0.0724. The Bertz CT molecular complexity index is 109. The first kappa shape index (κ1) is 7.91. The first-order valence-corrected chi connectivity index (χ1v) is 3.13. The minimum Gasteiger partial charge on any atom is -0.172 e. The van der Waals surface area contributed by atoms with Gasteiger partial charge < -0.3 is 0 Å². The molecule has 0 aliphatic carbocycles. The van der Waals surface area contributed by atoms with E-state index < -0.39 is 0 Å². The molecule has 0 rings (SSSR count). The maximum atomic E-state index is 4.29. The Hall–Kier alpha value is -0.0900. The van der Waals surface area contributed by atoms with Gasteiger partial charge in [0.1, 0.15) is 0 Å². The maximum Gasteiger partial charge on any atom is 0.0228 e. The molecule has 0 N–H and O–H groups in total. The predicted octanol–water partition coefficient (Wildman–Crippen LogP) is 2.11. The summed E-state index contributed by atoms with van der Waals surface area (Å²) in [6.45, 7) is 5.96. The van der Waals surface area contributed by atoms with Crippen molar-refractivity contribution in [3.63, 3.8) is 0 Å². The molecular formula is C7H12S. The van der Waals surface area contributed by atoms with Crippen LogP contribution in [0.1, 0.15) is 27.2 Å². The molecule has 0 aliphatic heterocycles. The van der Waals surface area contributed by atoms with E-state index >= 15 is 0 Å². The van der Waals surface area contributed by atoms with E-state index in [1.165, 1.54) is 0 Å². The van der Waals surface area contributed by atoms with Crippen molar-refractivity contribution in [3.05, 3.63) is 0 Å². The highest BCUT2D eigenvalue weighted by Gasteiger charge is 2.07. The van der Waals surface area contributed by atoms with Crippen LogP contribution in [0.25, 0.3) is 0 Å². The van der Waals surface area contributed by atoms with Crippen molar-refractivity contribution in [1.82, 2.24) is 0 Å². The zero-order valence-corrected chi connectivity index (χ0v) is 6.55. The second-order valence-electron chi connectivity index (χ2n) is 2.42. The van der Waals surface area contributed by atoms with Crippen molar-refractivity contribution in [2.24, 2.45) is 0 Å². The van der Waals surface area contributed by atoms with E-state index in [2.05, 4.69) is 38.3 Å². The summed E-state index contributed by atoms with van der Waals surface area (Å²) in [5, 5.41) is 0. The second-order valence-corrected chi connectivity index (χ2v) is 3.63. The van der Waals surface area contributed by atoms with Crippen molar-refractivity contribution >= 4 is 12.6 Å². The smallest absolute Gasteiger partial charge is 0.0228 e. The van der Waals surface area contributed by atoms with Crippen molar-refractivity contribution in [2.45, 2.75) is 31.9 Å². The first-order valence-electron chi connectivity index (χ1n) is 2.68. The average Bonchev–Trinajstić information content (AvgIpc) is 1.59. The van der Waals surface area contributed by atoms with Crippen LogP contribution in [0.4, 0.5) is 0 Å². The summed E-state index contributed by atoms with van der Waals surface area (Å²) in [4.78, 5) is 0. The van der Waals surface area contributed by atoms with Crippen LogP contribution in [0.5, 0.6) is 0 Å². The second kappa shape index (κ2) is 3.04. The lowest BCUT2D eigenvalue weighted by Crippen LogP contribution is -2.07. The Labute approximate surface area is 57.1 Å². The molecule has 0 saturated carbocycles. The quantitative estimate of drug-likeness (QED) is 0.406. The molecule has 8 heavy (non-hydrogen) atoms. The van der Waals surface area contributed by atoms with Crippen LogP contribution in [0.3, 0.4) is 0 Å². The molecule has 0 amide bonds. The van der Waals surface area contributed by atoms with E-state index in [0.717, 1.165) is 6.42 Å². The molecule has 0 atom stereocenters. The molecule has 0 radical (unpaired) electrons. The Morgan fingerprint density at radius 2 is 2.00 bits per heavy atom. The van der Waals surface area contributed by atoms with Gasteiger partial charge in [-0.15, -0.1) is 11.8 Å². The highest BCUT2D eigenvalue weighted by Crippen LogP contribution is 2.14. The van der Waals surface area contributed by atoms with Crippen LogP contribution in [-0.4, -0.2) is 4.75 Å². The molecule has 0 heterocycles. The van der Waals surface area contributed by atoms with Crippen molar-refractivity contribution in [3.8, 4) is 11.8 Å². The number of hydrogen-bond acceptors (Lipinski definition) is 1. The molecular weight excluding hydrogens is 116 g/mol. The average molecular weight is 128 g/mol. The van der Waals surface area contributed by atoms with E-state index in [-0.39, 0.29) is 4.75 Å². The molecule has 0 unspecified atom stereocenters. The Morgan fingerprint density at radius 1 is 1.50 bits per heavy atom. The Morgan fingerprint density at radius 3 is 2.12 bits per heavy atom. The lowest BCUT2D eigenvalue weighted by atomic mass is 10.1. The summed E-state index contributed by atoms with van der Waals surface area (Å²) >= 11 is 4.29. The third-order valence-corrected chi connectivity index (χ3v) is 0.856. The fourth-order valence-electron chi connectivity index (χ4n) is 0.305. The predicted molar refractivity (Wildman–Crippen MR) is 41.1 cm³/mol. The minimum atomic E-state index is 0.0724. The van der Waals surface area contributed by atoms with Crippen molar-refractivity contribution < 1.29 is 0 Å². The van der Waals surface area contributed by atoms with E-state index in [1.807, 2.05) is 6.92 Å². The number of rotatable bonds is 1. The van der Waals surface area contributed by atoms with Gasteiger partial charge in [-0.05, 0) is 6.92 Å². The van der Waals surface area contributed by atoms with Gasteiger partial charge in [-0.2, -0.15) is 12.6 Å². The highest BCUT2D eigenvalue weighted by atomic mass is 32.1. The molecule has 46 valence electrons. The largest absolute Gasteiger partial charge is 0.172 e. The lowest BCUT2D eigenvalue weighted by molar-refractivity contribution is 0.747. The Kier molecular flexibility index (Phi) is 3.01. The zero-order chi connectivity index (χ0) is 6.62. The monoisotopic (exact) mass is 128 g/mol. The fourth-order valence-corrected chi connectivity index (χ4v) is 0.384. The van der Waals surface area contributed by atoms with Crippen LogP contribution in [-0.2, 0) is 0 Å². The van der Waals surface area contributed by atoms with Crippen LogP contribution in [0.15, 0.2) is 0 Å².